The molecule has 144 valence electrons. The molecule has 1 heterocycles. The Labute approximate surface area is 163 Å². The molecular formula is C20H24ClN3O3. The maximum atomic E-state index is 9.91. The van der Waals surface area contributed by atoms with E-state index in [1.165, 1.54) is 17.5 Å². The van der Waals surface area contributed by atoms with Gasteiger partial charge in [0.15, 0.2) is 0 Å². The number of halogens is 1. The second-order valence-electron chi connectivity index (χ2n) is 7.44. The van der Waals surface area contributed by atoms with E-state index in [1.54, 1.807) is 13.2 Å². The smallest absolute Gasteiger partial charge is 0.218 e. The molecule has 0 saturated heterocycles. The number of rotatable bonds is 5. The van der Waals surface area contributed by atoms with Gasteiger partial charge in [0.25, 0.3) is 0 Å². The van der Waals surface area contributed by atoms with E-state index < -0.39 is 0 Å². The maximum Gasteiger partial charge on any atom is 0.218 e. The highest BCUT2D eigenvalue weighted by Crippen LogP contribution is 2.37. The second kappa shape index (κ2) is 7.62. The molecule has 2 N–H and O–H groups in total. The molecule has 1 aromatic heterocycles. The van der Waals surface area contributed by atoms with Crippen molar-refractivity contribution >= 4 is 17.4 Å². The van der Waals surface area contributed by atoms with Crippen LogP contribution in [0, 0.1) is 5.92 Å². The molecular weight excluding hydrogens is 366 g/mol. The zero-order chi connectivity index (χ0) is 19.0. The van der Waals surface area contributed by atoms with Crippen molar-refractivity contribution in [2.45, 2.75) is 50.5 Å². The molecule has 27 heavy (non-hydrogen) atoms. The van der Waals surface area contributed by atoms with E-state index in [-0.39, 0.29) is 30.3 Å². The minimum absolute atomic E-state index is 0.00336. The van der Waals surface area contributed by atoms with Crippen molar-refractivity contribution in [3.63, 3.8) is 0 Å². The normalized spacial score (nSPS) is 29.6. The van der Waals surface area contributed by atoms with Gasteiger partial charge in [-0.3, -0.25) is 0 Å². The summed E-state index contributed by atoms with van der Waals surface area (Å²) in [4.78, 5) is 8.55. The number of aliphatic hydroxyl groups is 1. The molecule has 6 nitrogen and oxygen atoms in total. The average molecular weight is 390 g/mol. The number of nitrogens with zero attached hydrogens (tertiary/aromatic N) is 2. The van der Waals surface area contributed by atoms with Crippen LogP contribution in [0.1, 0.15) is 36.9 Å². The highest BCUT2D eigenvalue weighted by molar-refractivity contribution is 6.30. The molecule has 0 amide bonds. The fraction of sp³-hybridized carbons (Fsp3) is 0.500. The van der Waals surface area contributed by atoms with Crippen LogP contribution in [0.5, 0.6) is 5.88 Å². The minimum Gasteiger partial charge on any atom is -0.474 e. The zero-order valence-corrected chi connectivity index (χ0v) is 16.2. The van der Waals surface area contributed by atoms with Gasteiger partial charge in [0.2, 0.25) is 5.88 Å². The Morgan fingerprint density at radius 2 is 2.07 bits per heavy atom. The number of fused-ring (bicyclic) bond motifs is 1. The maximum absolute atomic E-state index is 9.91. The highest BCUT2D eigenvalue weighted by Gasteiger charge is 2.34. The van der Waals surface area contributed by atoms with Gasteiger partial charge in [-0.1, -0.05) is 24.6 Å². The third-order valence-electron chi connectivity index (χ3n) is 5.56. The van der Waals surface area contributed by atoms with Crippen LogP contribution >= 0.6 is 11.6 Å². The summed E-state index contributed by atoms with van der Waals surface area (Å²) >= 11 is 6.13. The first-order valence-corrected chi connectivity index (χ1v) is 9.65. The number of methoxy groups -OCH3 is 1. The quantitative estimate of drug-likeness (QED) is 0.816. The first-order valence-electron chi connectivity index (χ1n) is 9.28. The van der Waals surface area contributed by atoms with Crippen LogP contribution in [-0.4, -0.2) is 40.5 Å². The summed E-state index contributed by atoms with van der Waals surface area (Å²) < 4.78 is 11.6. The number of benzene rings is 1. The number of hydrogen-bond donors (Lipinski definition) is 2. The van der Waals surface area contributed by atoms with Crippen molar-refractivity contribution in [2.24, 2.45) is 5.92 Å². The van der Waals surface area contributed by atoms with E-state index in [9.17, 15) is 5.11 Å². The molecule has 5 atom stereocenters. The topological polar surface area (TPSA) is 76.5 Å². The summed E-state index contributed by atoms with van der Waals surface area (Å²) in [6.45, 7) is 2.04. The van der Waals surface area contributed by atoms with Crippen LogP contribution in [0.15, 0.2) is 30.6 Å². The molecule has 0 aliphatic heterocycles. The van der Waals surface area contributed by atoms with Gasteiger partial charge in [-0.15, -0.1) is 0 Å². The number of aliphatic hydroxyl groups excluding tert-OH is 1. The number of ether oxygens (including phenoxy) is 2. The van der Waals surface area contributed by atoms with Gasteiger partial charge < -0.3 is 19.9 Å². The number of anilines is 1. The van der Waals surface area contributed by atoms with Crippen molar-refractivity contribution in [2.75, 3.05) is 12.4 Å². The molecule has 2 aliphatic rings. The summed E-state index contributed by atoms with van der Waals surface area (Å²) in [6.07, 6.45) is 3.44. The zero-order valence-electron chi connectivity index (χ0n) is 15.4. The monoisotopic (exact) mass is 389 g/mol. The van der Waals surface area contributed by atoms with Crippen molar-refractivity contribution in [1.29, 1.82) is 0 Å². The molecule has 0 unspecified atom stereocenters. The fourth-order valence-electron chi connectivity index (χ4n) is 4.06. The largest absolute Gasteiger partial charge is 0.474 e. The molecule has 4 rings (SSSR count). The second-order valence-corrected chi connectivity index (χ2v) is 7.88. The van der Waals surface area contributed by atoms with Crippen molar-refractivity contribution in [3.05, 3.63) is 46.7 Å². The highest BCUT2D eigenvalue weighted by atomic mass is 35.5. The molecule has 0 radical (unpaired) electrons. The van der Waals surface area contributed by atoms with Gasteiger partial charge >= 0.3 is 0 Å². The van der Waals surface area contributed by atoms with Crippen LogP contribution in [0.3, 0.4) is 0 Å². The van der Waals surface area contributed by atoms with Gasteiger partial charge in [-0.2, -0.15) is 0 Å². The third-order valence-corrected chi connectivity index (χ3v) is 5.80. The molecule has 0 spiro atoms. The van der Waals surface area contributed by atoms with Gasteiger partial charge in [0.05, 0.1) is 18.2 Å². The van der Waals surface area contributed by atoms with Crippen LogP contribution < -0.4 is 10.1 Å². The van der Waals surface area contributed by atoms with Crippen molar-refractivity contribution < 1.29 is 14.6 Å². The van der Waals surface area contributed by atoms with Gasteiger partial charge in [-0.05, 0) is 35.6 Å². The first-order chi connectivity index (χ1) is 13.0. The van der Waals surface area contributed by atoms with E-state index in [0.717, 1.165) is 17.9 Å². The lowest BCUT2D eigenvalue weighted by Crippen LogP contribution is -2.24. The molecule has 1 saturated carbocycles. The summed E-state index contributed by atoms with van der Waals surface area (Å²) in [6, 6.07) is 7.71. The summed E-state index contributed by atoms with van der Waals surface area (Å²) in [5.74, 6) is 1.45. The van der Waals surface area contributed by atoms with Crippen molar-refractivity contribution in [3.8, 4) is 5.88 Å². The van der Waals surface area contributed by atoms with E-state index in [2.05, 4.69) is 15.3 Å². The van der Waals surface area contributed by atoms with Crippen molar-refractivity contribution in [1.82, 2.24) is 9.97 Å². The summed E-state index contributed by atoms with van der Waals surface area (Å²) in [5, 5.41) is 14.1. The van der Waals surface area contributed by atoms with Gasteiger partial charge in [-0.25, -0.2) is 9.97 Å². The molecule has 0 bridgehead atoms. The Hall–Kier alpha value is -1.89. The molecule has 2 aromatic rings. The Kier molecular flexibility index (Phi) is 5.21. The standard InChI is InChI=1S/C20H24ClN3O3/c1-11-5-14(8-16(11)25)27-19-9-18(22-10-23-19)24-20-15-4-3-13(21)6-12(15)7-17(20)26-2/h3-4,6,9-11,14,16-17,20,25H,5,7-8H2,1-2H3,(H,22,23,24)/t11-,14+,16-,17-,20+/m0/s1. The van der Waals surface area contributed by atoms with Crippen LogP contribution in [0.4, 0.5) is 5.82 Å². The first kappa shape index (κ1) is 18.5. The lowest BCUT2D eigenvalue weighted by atomic mass is 10.1. The fourth-order valence-corrected chi connectivity index (χ4v) is 4.25. The van der Waals surface area contributed by atoms with E-state index in [1.807, 2.05) is 25.1 Å². The number of aromatic nitrogens is 2. The number of nitrogens with one attached hydrogen (secondary N) is 1. The van der Waals surface area contributed by atoms with E-state index in [0.29, 0.717) is 18.1 Å². The third kappa shape index (κ3) is 3.88. The van der Waals surface area contributed by atoms with Crippen LogP contribution in [-0.2, 0) is 11.2 Å². The van der Waals surface area contributed by atoms with E-state index in [4.69, 9.17) is 21.1 Å². The molecule has 1 fully saturated rings. The minimum atomic E-state index is -0.307. The van der Waals surface area contributed by atoms with Crippen LogP contribution in [0.2, 0.25) is 5.02 Å². The molecule has 7 heteroatoms. The summed E-state index contributed by atoms with van der Waals surface area (Å²) in [5.41, 5.74) is 2.35. The predicted octanol–water partition coefficient (Wildman–Crippen LogP) is 3.39. The Morgan fingerprint density at radius 1 is 1.22 bits per heavy atom. The summed E-state index contributed by atoms with van der Waals surface area (Å²) in [7, 11) is 1.72. The molecule has 2 aliphatic carbocycles. The molecule has 1 aromatic carbocycles. The Morgan fingerprint density at radius 3 is 2.81 bits per heavy atom. The Bertz CT molecular complexity index is 809. The lowest BCUT2D eigenvalue weighted by molar-refractivity contribution is 0.0959. The van der Waals surface area contributed by atoms with Gasteiger partial charge in [0, 0.05) is 31.0 Å². The average Bonchev–Trinajstić information content (AvgIpc) is 3.14. The van der Waals surface area contributed by atoms with Gasteiger partial charge in [0.1, 0.15) is 18.2 Å². The predicted molar refractivity (Wildman–Crippen MR) is 103 cm³/mol. The Balaban J connectivity index is 1.50. The van der Waals surface area contributed by atoms with E-state index >= 15 is 0 Å². The SMILES string of the molecule is CO[C@H]1Cc2cc(Cl)ccc2[C@H]1Nc1cc(O[C@@H]2C[C@H](C)[C@@H](O)C2)ncn1. The van der Waals surface area contributed by atoms with Crippen LogP contribution in [0.25, 0.3) is 0 Å². The number of hydrogen-bond acceptors (Lipinski definition) is 6. The lowest BCUT2D eigenvalue weighted by Gasteiger charge is -2.21.